The van der Waals surface area contributed by atoms with Crippen LogP contribution in [0, 0.1) is 0 Å². The highest BCUT2D eigenvalue weighted by Crippen LogP contribution is 2.33. The second-order valence-corrected chi connectivity index (χ2v) is 8.74. The lowest BCUT2D eigenvalue weighted by molar-refractivity contribution is 0.102. The summed E-state index contributed by atoms with van der Waals surface area (Å²) >= 11 is 23.3. The number of thiocarbonyl (C=S) groups is 1. The van der Waals surface area contributed by atoms with Gasteiger partial charge in [0.2, 0.25) is 0 Å². The zero-order valence-corrected chi connectivity index (χ0v) is 20.5. The number of carbonyl (C=O) groups is 1. The van der Waals surface area contributed by atoms with Crippen LogP contribution in [-0.2, 0) is 0 Å². The van der Waals surface area contributed by atoms with Crippen molar-refractivity contribution in [2.75, 3.05) is 22.6 Å². The summed E-state index contributed by atoms with van der Waals surface area (Å²) in [5, 5.41) is 19.2. The number of nitrogens with one attached hydrogen (secondary N) is 3. The summed E-state index contributed by atoms with van der Waals surface area (Å²) in [6.07, 6.45) is 1.91. The first kappa shape index (κ1) is 25.0. The summed E-state index contributed by atoms with van der Waals surface area (Å²) in [6.45, 7) is 1.89. The van der Waals surface area contributed by atoms with Gasteiger partial charge >= 0.3 is 0 Å². The molecule has 0 spiro atoms. The molecule has 170 valence electrons. The van der Waals surface area contributed by atoms with Gasteiger partial charge in [0.05, 0.1) is 21.7 Å². The van der Waals surface area contributed by atoms with Crippen LogP contribution in [0.3, 0.4) is 0 Å². The molecular weight excluding hydrogens is 501 g/mol. The van der Waals surface area contributed by atoms with Gasteiger partial charge in [0.15, 0.2) is 5.11 Å². The number of aliphatic hydroxyl groups is 1. The molecule has 0 aliphatic carbocycles. The van der Waals surface area contributed by atoms with Crippen molar-refractivity contribution in [3.05, 3.63) is 92.4 Å². The minimum Gasteiger partial charge on any atom is -0.392 e. The van der Waals surface area contributed by atoms with Crippen LogP contribution in [0.25, 0.3) is 6.08 Å². The first-order valence-electron chi connectivity index (χ1n) is 9.77. The van der Waals surface area contributed by atoms with Crippen LogP contribution < -0.4 is 16.0 Å². The zero-order chi connectivity index (χ0) is 24.0. The van der Waals surface area contributed by atoms with Gasteiger partial charge < -0.3 is 21.1 Å². The number of hydrogen-bond acceptors (Lipinski definition) is 3. The van der Waals surface area contributed by atoms with Crippen LogP contribution in [0.1, 0.15) is 22.8 Å². The highest BCUT2D eigenvalue weighted by molar-refractivity contribution is 7.80. The molecule has 0 atom stereocenters. The van der Waals surface area contributed by atoms with Crippen molar-refractivity contribution in [3.8, 4) is 0 Å². The normalized spacial score (nSPS) is 11.1. The van der Waals surface area contributed by atoms with Gasteiger partial charge in [0.25, 0.3) is 5.91 Å². The first-order chi connectivity index (χ1) is 15.7. The lowest BCUT2D eigenvalue weighted by Gasteiger charge is -2.12. The largest absolute Gasteiger partial charge is 0.392 e. The molecule has 4 N–H and O–H groups in total. The minimum absolute atomic E-state index is 0.0261. The molecule has 0 unspecified atom stereocenters. The molecule has 0 aliphatic rings. The van der Waals surface area contributed by atoms with E-state index in [0.717, 1.165) is 22.5 Å². The van der Waals surface area contributed by atoms with Crippen LogP contribution in [0.5, 0.6) is 0 Å². The van der Waals surface area contributed by atoms with Gasteiger partial charge in [0, 0.05) is 22.6 Å². The molecular formula is C24H20Cl3N3O2S. The van der Waals surface area contributed by atoms with Gasteiger partial charge in [-0.1, -0.05) is 53.0 Å². The fourth-order valence-corrected chi connectivity index (χ4v) is 3.65. The van der Waals surface area contributed by atoms with Gasteiger partial charge in [-0.3, -0.25) is 4.79 Å². The fourth-order valence-electron chi connectivity index (χ4n) is 2.82. The van der Waals surface area contributed by atoms with Gasteiger partial charge in [-0.05, 0) is 78.8 Å². The number of benzene rings is 3. The van der Waals surface area contributed by atoms with E-state index in [0.29, 0.717) is 16.4 Å². The Morgan fingerprint density at radius 2 is 1.39 bits per heavy atom. The summed E-state index contributed by atoms with van der Waals surface area (Å²) in [5.74, 6) is -0.317. The second kappa shape index (κ2) is 11.5. The van der Waals surface area contributed by atoms with Gasteiger partial charge in [-0.15, -0.1) is 0 Å². The number of rotatable bonds is 6. The monoisotopic (exact) mass is 519 g/mol. The number of halogens is 3. The summed E-state index contributed by atoms with van der Waals surface area (Å²) in [5.41, 5.74) is 4.31. The maximum absolute atomic E-state index is 12.5. The molecule has 33 heavy (non-hydrogen) atoms. The van der Waals surface area contributed by atoms with E-state index in [1.807, 2.05) is 37.3 Å². The van der Waals surface area contributed by atoms with Crippen molar-refractivity contribution in [1.29, 1.82) is 0 Å². The van der Waals surface area contributed by atoms with Crippen LogP contribution in [-0.4, -0.2) is 22.7 Å². The van der Waals surface area contributed by atoms with Crippen molar-refractivity contribution in [1.82, 2.24) is 0 Å². The summed E-state index contributed by atoms with van der Waals surface area (Å²) in [4.78, 5) is 12.5. The van der Waals surface area contributed by atoms with E-state index in [9.17, 15) is 4.79 Å². The van der Waals surface area contributed by atoms with E-state index in [2.05, 4.69) is 16.0 Å². The number of aliphatic hydroxyl groups excluding tert-OH is 1. The average molecular weight is 521 g/mol. The van der Waals surface area contributed by atoms with E-state index < -0.39 is 0 Å². The first-order valence-corrected chi connectivity index (χ1v) is 11.3. The molecule has 3 aromatic carbocycles. The van der Waals surface area contributed by atoms with E-state index in [-0.39, 0.29) is 27.6 Å². The topological polar surface area (TPSA) is 73.4 Å². The third-order valence-corrected chi connectivity index (χ3v) is 5.88. The molecule has 0 heterocycles. The fraction of sp³-hybridized carbons (Fsp3) is 0.0833. The molecule has 0 radical (unpaired) electrons. The number of amides is 1. The lowest BCUT2D eigenvalue weighted by Crippen LogP contribution is -2.19. The maximum atomic E-state index is 12.5. The molecule has 0 saturated heterocycles. The quantitative estimate of drug-likeness (QED) is 0.206. The molecule has 0 bridgehead atoms. The van der Waals surface area contributed by atoms with E-state index >= 15 is 0 Å². The van der Waals surface area contributed by atoms with Crippen molar-refractivity contribution >= 4 is 81.2 Å². The summed E-state index contributed by atoms with van der Waals surface area (Å²) in [7, 11) is 0. The maximum Gasteiger partial charge on any atom is 0.255 e. The average Bonchev–Trinajstić information content (AvgIpc) is 2.79. The SMILES string of the molecule is C/C(=C\c1ccc(NC(=S)Nc2ccc(C(=O)Nc3cc(Cl)c(Cl)c(Cl)c3)cc2)cc1)CO. The summed E-state index contributed by atoms with van der Waals surface area (Å²) < 4.78 is 0. The van der Waals surface area contributed by atoms with Crippen LogP contribution in [0.4, 0.5) is 17.1 Å². The predicted octanol–water partition coefficient (Wildman–Crippen LogP) is 7.10. The highest BCUT2D eigenvalue weighted by Gasteiger charge is 2.10. The number of hydrogen-bond donors (Lipinski definition) is 4. The Kier molecular flexibility index (Phi) is 8.72. The van der Waals surface area contributed by atoms with E-state index in [1.54, 1.807) is 24.3 Å². The Morgan fingerprint density at radius 3 is 1.91 bits per heavy atom. The van der Waals surface area contributed by atoms with E-state index in [1.165, 1.54) is 12.1 Å². The highest BCUT2D eigenvalue weighted by atomic mass is 35.5. The third-order valence-electron chi connectivity index (χ3n) is 4.48. The van der Waals surface area contributed by atoms with Crippen LogP contribution in [0.2, 0.25) is 15.1 Å². The van der Waals surface area contributed by atoms with Crippen molar-refractivity contribution in [3.63, 3.8) is 0 Å². The van der Waals surface area contributed by atoms with E-state index in [4.69, 9.17) is 52.1 Å². The molecule has 9 heteroatoms. The van der Waals surface area contributed by atoms with Gasteiger partial charge in [-0.2, -0.15) is 0 Å². The zero-order valence-electron chi connectivity index (χ0n) is 17.5. The Hall–Kier alpha value is -2.61. The van der Waals surface area contributed by atoms with Crippen molar-refractivity contribution < 1.29 is 9.90 Å². The van der Waals surface area contributed by atoms with Gasteiger partial charge in [-0.25, -0.2) is 0 Å². The van der Waals surface area contributed by atoms with Crippen molar-refractivity contribution in [2.24, 2.45) is 0 Å². The Balaban J connectivity index is 1.57. The Labute approximate surface area is 212 Å². The smallest absolute Gasteiger partial charge is 0.255 e. The predicted molar refractivity (Wildman–Crippen MR) is 143 cm³/mol. The lowest BCUT2D eigenvalue weighted by atomic mass is 10.1. The standard InChI is InChI=1S/C24H20Cl3N3O2S/c1-14(13-31)10-15-2-6-17(7-3-15)29-24(33)30-18-8-4-16(5-9-18)23(32)28-19-11-20(25)22(27)21(26)12-19/h2-12,31H,13H2,1H3,(H,28,32)(H2,29,30,33)/b14-10+. The molecule has 3 rings (SSSR count). The Bertz CT molecular complexity index is 1170. The molecule has 3 aromatic rings. The molecule has 0 aromatic heterocycles. The number of anilines is 3. The minimum atomic E-state index is -0.317. The molecule has 1 amide bonds. The molecule has 0 aliphatic heterocycles. The molecule has 0 saturated carbocycles. The van der Waals surface area contributed by atoms with Crippen LogP contribution in [0.15, 0.2) is 66.2 Å². The van der Waals surface area contributed by atoms with Crippen molar-refractivity contribution in [2.45, 2.75) is 6.92 Å². The Morgan fingerprint density at radius 1 is 0.879 bits per heavy atom. The second-order valence-electron chi connectivity index (χ2n) is 7.14. The summed E-state index contributed by atoms with van der Waals surface area (Å²) in [6, 6.07) is 17.5. The molecule has 5 nitrogen and oxygen atoms in total. The van der Waals surface area contributed by atoms with Gasteiger partial charge in [0.1, 0.15) is 0 Å². The number of carbonyl (C=O) groups excluding carboxylic acids is 1. The third kappa shape index (κ3) is 7.19. The molecule has 0 fully saturated rings. The van der Waals surface area contributed by atoms with Crippen LogP contribution >= 0.6 is 47.0 Å².